The monoisotopic (exact) mass is 334 g/mol. The first-order valence-corrected chi connectivity index (χ1v) is 6.94. The van der Waals surface area contributed by atoms with Crippen molar-refractivity contribution in [1.82, 2.24) is 15.1 Å². The van der Waals surface area contributed by atoms with Gasteiger partial charge in [0.05, 0.1) is 24.1 Å². The number of amides is 1. The van der Waals surface area contributed by atoms with Crippen LogP contribution in [-0.4, -0.2) is 28.4 Å². The predicted octanol–water partition coefficient (Wildman–Crippen LogP) is 3.17. The summed E-state index contributed by atoms with van der Waals surface area (Å²) in [6.07, 6.45) is 1.19. The van der Waals surface area contributed by atoms with Crippen molar-refractivity contribution in [2.24, 2.45) is 0 Å². The summed E-state index contributed by atoms with van der Waals surface area (Å²) in [6.45, 7) is 0.549. The molecule has 0 spiro atoms. The molecule has 0 saturated heterocycles. The number of nitrogens with zero attached hydrogens (tertiary/aromatic N) is 2. The van der Waals surface area contributed by atoms with Crippen LogP contribution in [0.15, 0.2) is 24.5 Å². The van der Waals surface area contributed by atoms with Gasteiger partial charge in [-0.25, -0.2) is 4.68 Å². The normalized spacial score (nSPS) is 14.5. The van der Waals surface area contributed by atoms with Crippen LogP contribution < -0.4 is 10.6 Å². The van der Waals surface area contributed by atoms with Gasteiger partial charge in [0.1, 0.15) is 0 Å². The van der Waals surface area contributed by atoms with E-state index in [4.69, 9.17) is 11.6 Å². The lowest BCUT2D eigenvalue weighted by Crippen LogP contribution is -2.16. The number of halogens is 4. The van der Waals surface area contributed by atoms with Gasteiger partial charge in [0, 0.05) is 12.8 Å². The Morgan fingerprint density at radius 3 is 2.91 bits per heavy atom. The highest BCUT2D eigenvalue weighted by Gasteiger charge is 2.26. The average molecular weight is 335 g/mol. The quantitative estimate of drug-likeness (QED) is 0.869. The highest BCUT2D eigenvalue weighted by Crippen LogP contribution is 2.24. The second-order valence-corrected chi connectivity index (χ2v) is 5.05. The fraction of sp³-hybridized carbons (Fsp3) is 0.385. The molecule has 22 heavy (non-hydrogen) atoms. The van der Waals surface area contributed by atoms with E-state index < -0.39 is 18.5 Å². The molecule has 0 unspecified atom stereocenters. The number of allylic oxidation sites excluding steroid dienone is 2. The van der Waals surface area contributed by atoms with Crippen LogP contribution in [0, 0.1) is 0 Å². The third-order valence-electron chi connectivity index (χ3n) is 2.89. The lowest BCUT2D eigenvalue weighted by Gasteiger charge is -2.10. The van der Waals surface area contributed by atoms with Gasteiger partial charge in [-0.15, -0.1) is 0 Å². The van der Waals surface area contributed by atoms with Crippen LogP contribution in [-0.2, 0) is 4.79 Å². The Morgan fingerprint density at radius 2 is 2.27 bits per heavy atom. The van der Waals surface area contributed by atoms with E-state index >= 15 is 0 Å². The van der Waals surface area contributed by atoms with E-state index in [9.17, 15) is 18.0 Å². The molecule has 1 aromatic rings. The van der Waals surface area contributed by atoms with Gasteiger partial charge in [-0.05, 0) is 24.8 Å². The van der Waals surface area contributed by atoms with Gasteiger partial charge in [-0.2, -0.15) is 18.3 Å². The maximum Gasteiger partial charge on any atom is 0.389 e. The lowest BCUT2D eigenvalue weighted by molar-refractivity contribution is -0.136. The summed E-state index contributed by atoms with van der Waals surface area (Å²) in [4.78, 5) is 11.6. The third kappa shape index (κ3) is 4.80. The molecule has 0 atom stereocenters. The van der Waals surface area contributed by atoms with Crippen LogP contribution in [0.5, 0.6) is 0 Å². The van der Waals surface area contributed by atoms with Crippen LogP contribution in [0.3, 0.4) is 0 Å². The maximum absolute atomic E-state index is 12.0. The summed E-state index contributed by atoms with van der Waals surface area (Å²) in [6, 6.07) is 0. The largest absolute Gasteiger partial charge is 0.389 e. The van der Waals surface area contributed by atoms with Crippen molar-refractivity contribution in [3.63, 3.8) is 0 Å². The van der Waals surface area contributed by atoms with E-state index in [-0.39, 0.29) is 23.7 Å². The summed E-state index contributed by atoms with van der Waals surface area (Å²) >= 11 is 5.92. The molecule has 9 heteroatoms. The number of alkyl halides is 3. The van der Waals surface area contributed by atoms with Crippen LogP contribution >= 0.6 is 11.6 Å². The van der Waals surface area contributed by atoms with Gasteiger partial charge >= 0.3 is 6.18 Å². The SMILES string of the molecule is O=C(CCCC(F)(F)F)Nc1cn(C2=CC=CNC2)nc1Cl. The van der Waals surface area contributed by atoms with Crippen molar-refractivity contribution in [1.29, 1.82) is 0 Å². The Bertz CT molecular complexity index is 607. The lowest BCUT2D eigenvalue weighted by atomic mass is 10.2. The summed E-state index contributed by atoms with van der Waals surface area (Å²) < 4.78 is 37.6. The first kappa shape index (κ1) is 16.4. The molecule has 2 heterocycles. The van der Waals surface area contributed by atoms with Gasteiger partial charge in [-0.1, -0.05) is 11.6 Å². The molecular formula is C13H14ClF3N4O. The Balaban J connectivity index is 1.93. The molecule has 1 aliphatic rings. The fourth-order valence-electron chi connectivity index (χ4n) is 1.85. The summed E-state index contributed by atoms with van der Waals surface area (Å²) in [7, 11) is 0. The maximum atomic E-state index is 12.0. The molecule has 0 saturated carbocycles. The number of hydrogen-bond acceptors (Lipinski definition) is 3. The summed E-state index contributed by atoms with van der Waals surface area (Å²) in [5, 5.41) is 9.60. The van der Waals surface area contributed by atoms with Crippen molar-refractivity contribution in [3.8, 4) is 0 Å². The Kier molecular flexibility index (Phi) is 5.12. The summed E-state index contributed by atoms with van der Waals surface area (Å²) in [5.41, 5.74) is 1.09. The average Bonchev–Trinajstić information content (AvgIpc) is 2.80. The van der Waals surface area contributed by atoms with Gasteiger partial charge < -0.3 is 10.6 Å². The molecule has 2 rings (SSSR count). The number of rotatable bonds is 5. The Hall–Kier alpha value is -1.96. The molecule has 0 aliphatic carbocycles. The molecule has 0 radical (unpaired) electrons. The standard InChI is InChI=1S/C13H14ClF3N4O/c14-12-10(19-11(22)4-1-5-13(15,16)17)8-21(20-12)9-3-2-6-18-7-9/h2-3,6,8,18H,1,4-5,7H2,(H,19,22). The van der Waals surface area contributed by atoms with Gasteiger partial charge in [0.25, 0.3) is 0 Å². The van der Waals surface area contributed by atoms with Gasteiger partial charge in [0.2, 0.25) is 5.91 Å². The molecule has 0 bridgehead atoms. The Labute approximate surface area is 129 Å². The number of carbonyl (C=O) groups excluding carboxylic acids is 1. The number of nitrogens with one attached hydrogen (secondary N) is 2. The number of anilines is 1. The second kappa shape index (κ2) is 6.87. The topological polar surface area (TPSA) is 59.0 Å². The molecule has 1 amide bonds. The molecular weight excluding hydrogens is 321 g/mol. The molecule has 0 fully saturated rings. The second-order valence-electron chi connectivity index (χ2n) is 4.69. The van der Waals surface area contributed by atoms with Crippen molar-refractivity contribution in [3.05, 3.63) is 29.7 Å². The van der Waals surface area contributed by atoms with Gasteiger partial charge in [-0.3, -0.25) is 4.79 Å². The number of hydrogen-bond donors (Lipinski definition) is 2. The van der Waals surface area contributed by atoms with E-state index in [1.54, 1.807) is 12.3 Å². The smallest absolute Gasteiger partial charge is 0.385 e. The molecule has 2 N–H and O–H groups in total. The zero-order chi connectivity index (χ0) is 16.2. The highest BCUT2D eigenvalue weighted by molar-refractivity contribution is 6.32. The van der Waals surface area contributed by atoms with E-state index in [1.165, 1.54) is 10.9 Å². The van der Waals surface area contributed by atoms with Crippen LogP contribution in [0.2, 0.25) is 5.15 Å². The molecule has 0 aromatic carbocycles. The highest BCUT2D eigenvalue weighted by atomic mass is 35.5. The molecule has 1 aromatic heterocycles. The third-order valence-corrected chi connectivity index (χ3v) is 3.17. The van der Waals surface area contributed by atoms with Crippen molar-refractivity contribution in [2.45, 2.75) is 25.4 Å². The predicted molar refractivity (Wildman–Crippen MR) is 77.2 cm³/mol. The zero-order valence-electron chi connectivity index (χ0n) is 11.5. The van der Waals surface area contributed by atoms with E-state index in [0.29, 0.717) is 6.54 Å². The van der Waals surface area contributed by atoms with E-state index in [0.717, 1.165) is 5.70 Å². The van der Waals surface area contributed by atoms with E-state index in [1.807, 2.05) is 6.08 Å². The minimum atomic E-state index is -4.25. The number of dihydropyridines is 1. The molecule has 120 valence electrons. The van der Waals surface area contributed by atoms with Crippen molar-refractivity contribution < 1.29 is 18.0 Å². The minimum Gasteiger partial charge on any atom is -0.385 e. The Morgan fingerprint density at radius 1 is 1.50 bits per heavy atom. The van der Waals surface area contributed by atoms with Crippen LogP contribution in [0.25, 0.3) is 5.70 Å². The van der Waals surface area contributed by atoms with Crippen LogP contribution in [0.4, 0.5) is 18.9 Å². The summed E-state index contributed by atoms with van der Waals surface area (Å²) in [5.74, 6) is -0.527. The van der Waals surface area contributed by atoms with Crippen LogP contribution in [0.1, 0.15) is 19.3 Å². The first-order valence-electron chi connectivity index (χ1n) is 6.56. The molecule has 5 nitrogen and oxygen atoms in total. The van der Waals surface area contributed by atoms with Crippen molar-refractivity contribution >= 4 is 28.9 Å². The first-order chi connectivity index (χ1) is 10.3. The zero-order valence-corrected chi connectivity index (χ0v) is 12.2. The number of aromatic nitrogens is 2. The molecule has 1 aliphatic heterocycles. The minimum absolute atomic E-state index is 0.0830. The number of carbonyl (C=O) groups is 1. The fourth-order valence-corrected chi connectivity index (χ4v) is 2.03. The van der Waals surface area contributed by atoms with E-state index in [2.05, 4.69) is 15.7 Å². The van der Waals surface area contributed by atoms with Crippen molar-refractivity contribution in [2.75, 3.05) is 11.9 Å². The van der Waals surface area contributed by atoms with Gasteiger partial charge in [0.15, 0.2) is 5.15 Å².